The largest absolute Gasteiger partial charge is 0.347 e. The molecule has 0 aliphatic rings. The fourth-order valence-corrected chi connectivity index (χ4v) is 2.01. The van der Waals surface area contributed by atoms with Gasteiger partial charge in [-0.25, -0.2) is 13.2 Å². The highest BCUT2D eigenvalue weighted by Gasteiger charge is 2.14. The first-order chi connectivity index (χ1) is 8.59. The number of nitrogens with one attached hydrogen (secondary N) is 1. The molecule has 18 heavy (non-hydrogen) atoms. The number of amides is 1. The van der Waals surface area contributed by atoms with Crippen molar-refractivity contribution in [2.75, 3.05) is 0 Å². The van der Waals surface area contributed by atoms with Crippen LogP contribution in [0.15, 0.2) is 29.6 Å². The smallest absolute Gasteiger partial charge is 0.261 e. The molecule has 0 spiro atoms. The SMILES string of the molecule is O=C(NCc1ccc(F)c(F)c1F)c1cccs1. The van der Waals surface area contributed by atoms with Crippen LogP contribution in [0.1, 0.15) is 15.2 Å². The lowest BCUT2D eigenvalue weighted by molar-refractivity contribution is 0.0954. The minimum atomic E-state index is -1.53. The summed E-state index contributed by atoms with van der Waals surface area (Å²) in [6.07, 6.45) is 0. The molecule has 94 valence electrons. The average molecular weight is 271 g/mol. The Balaban J connectivity index is 2.07. The van der Waals surface area contributed by atoms with E-state index >= 15 is 0 Å². The average Bonchev–Trinajstić information content (AvgIpc) is 2.89. The van der Waals surface area contributed by atoms with E-state index in [4.69, 9.17) is 0 Å². The summed E-state index contributed by atoms with van der Waals surface area (Å²) >= 11 is 1.24. The molecule has 1 aromatic carbocycles. The predicted molar refractivity (Wildman–Crippen MR) is 61.8 cm³/mol. The summed E-state index contributed by atoms with van der Waals surface area (Å²) in [6.45, 7) is -0.195. The summed E-state index contributed by atoms with van der Waals surface area (Å²) in [7, 11) is 0. The quantitative estimate of drug-likeness (QED) is 0.854. The van der Waals surface area contributed by atoms with Crippen molar-refractivity contribution < 1.29 is 18.0 Å². The van der Waals surface area contributed by atoms with Crippen LogP contribution in [0.3, 0.4) is 0 Å². The summed E-state index contributed by atoms with van der Waals surface area (Å²) in [5.74, 6) is -4.44. The van der Waals surface area contributed by atoms with E-state index in [0.717, 1.165) is 12.1 Å². The van der Waals surface area contributed by atoms with Crippen molar-refractivity contribution in [1.82, 2.24) is 5.32 Å². The molecule has 0 aliphatic carbocycles. The van der Waals surface area contributed by atoms with E-state index in [9.17, 15) is 18.0 Å². The van der Waals surface area contributed by atoms with E-state index in [1.807, 2.05) is 0 Å². The molecular formula is C12H8F3NOS. The number of halogens is 3. The predicted octanol–water partition coefficient (Wildman–Crippen LogP) is 3.10. The van der Waals surface area contributed by atoms with E-state index in [1.165, 1.54) is 11.3 Å². The van der Waals surface area contributed by atoms with Gasteiger partial charge in [0, 0.05) is 12.1 Å². The Morgan fingerprint density at radius 2 is 1.94 bits per heavy atom. The number of hydrogen-bond acceptors (Lipinski definition) is 2. The molecule has 2 rings (SSSR count). The van der Waals surface area contributed by atoms with Crippen molar-refractivity contribution in [3.05, 3.63) is 57.5 Å². The highest BCUT2D eigenvalue weighted by Crippen LogP contribution is 2.15. The van der Waals surface area contributed by atoms with Crippen LogP contribution in [0.2, 0.25) is 0 Å². The van der Waals surface area contributed by atoms with Crippen LogP contribution in [-0.2, 0) is 6.54 Å². The monoisotopic (exact) mass is 271 g/mol. The lowest BCUT2D eigenvalue weighted by atomic mass is 10.2. The highest BCUT2D eigenvalue weighted by atomic mass is 32.1. The van der Waals surface area contributed by atoms with Crippen molar-refractivity contribution in [3.8, 4) is 0 Å². The third kappa shape index (κ3) is 2.53. The summed E-state index contributed by atoms with van der Waals surface area (Å²) in [5, 5.41) is 4.16. The molecule has 0 aliphatic heterocycles. The highest BCUT2D eigenvalue weighted by molar-refractivity contribution is 7.12. The van der Waals surface area contributed by atoms with E-state index in [-0.39, 0.29) is 18.0 Å². The van der Waals surface area contributed by atoms with Gasteiger partial charge in [-0.3, -0.25) is 4.79 Å². The number of rotatable bonds is 3. The number of benzene rings is 1. The van der Waals surface area contributed by atoms with Gasteiger partial charge in [-0.15, -0.1) is 11.3 Å². The zero-order valence-electron chi connectivity index (χ0n) is 9.04. The van der Waals surface area contributed by atoms with Crippen LogP contribution in [-0.4, -0.2) is 5.91 Å². The van der Waals surface area contributed by atoms with Crippen molar-refractivity contribution in [1.29, 1.82) is 0 Å². The lowest BCUT2D eigenvalue weighted by Gasteiger charge is -2.06. The molecule has 0 unspecified atom stereocenters. The zero-order chi connectivity index (χ0) is 13.1. The van der Waals surface area contributed by atoms with Crippen molar-refractivity contribution in [2.24, 2.45) is 0 Å². The van der Waals surface area contributed by atoms with Gasteiger partial charge in [0.05, 0.1) is 4.88 Å². The second-order valence-electron chi connectivity index (χ2n) is 3.49. The zero-order valence-corrected chi connectivity index (χ0v) is 9.86. The van der Waals surface area contributed by atoms with E-state index in [2.05, 4.69) is 5.32 Å². The number of carbonyl (C=O) groups is 1. The maximum absolute atomic E-state index is 13.3. The Labute approximate surface area is 105 Å². The standard InChI is InChI=1S/C12H8F3NOS/c13-8-4-3-7(10(14)11(8)15)6-16-12(17)9-2-1-5-18-9/h1-5H,6H2,(H,16,17). The molecule has 2 aromatic rings. The van der Waals surface area contributed by atoms with Crippen LogP contribution in [0.25, 0.3) is 0 Å². The summed E-state index contributed by atoms with van der Waals surface area (Å²) in [6, 6.07) is 5.24. The van der Waals surface area contributed by atoms with Gasteiger partial charge in [0.2, 0.25) is 0 Å². The molecule has 0 saturated carbocycles. The first-order valence-corrected chi connectivity index (χ1v) is 5.91. The lowest BCUT2D eigenvalue weighted by Crippen LogP contribution is -2.22. The number of hydrogen-bond donors (Lipinski definition) is 1. The minimum Gasteiger partial charge on any atom is -0.347 e. The fourth-order valence-electron chi connectivity index (χ4n) is 1.37. The third-order valence-electron chi connectivity index (χ3n) is 2.30. The molecule has 0 saturated heterocycles. The molecule has 1 heterocycles. The Morgan fingerprint density at radius 1 is 1.17 bits per heavy atom. The maximum atomic E-state index is 13.3. The molecule has 1 aromatic heterocycles. The number of thiophene rings is 1. The molecule has 0 bridgehead atoms. The van der Waals surface area contributed by atoms with E-state index in [1.54, 1.807) is 17.5 Å². The van der Waals surface area contributed by atoms with Crippen LogP contribution in [0, 0.1) is 17.5 Å². The Bertz CT molecular complexity index is 569. The fraction of sp³-hybridized carbons (Fsp3) is 0.0833. The van der Waals surface area contributed by atoms with Crippen LogP contribution in [0.4, 0.5) is 13.2 Å². The molecular weight excluding hydrogens is 263 g/mol. The first-order valence-electron chi connectivity index (χ1n) is 5.03. The van der Waals surface area contributed by atoms with Crippen LogP contribution >= 0.6 is 11.3 Å². The Hall–Kier alpha value is -1.82. The van der Waals surface area contributed by atoms with E-state index in [0.29, 0.717) is 4.88 Å². The molecule has 1 amide bonds. The van der Waals surface area contributed by atoms with Crippen molar-refractivity contribution in [3.63, 3.8) is 0 Å². The second-order valence-corrected chi connectivity index (χ2v) is 4.44. The summed E-state index contributed by atoms with van der Waals surface area (Å²) < 4.78 is 38.9. The second kappa shape index (κ2) is 5.22. The van der Waals surface area contributed by atoms with Gasteiger partial charge in [0.25, 0.3) is 5.91 Å². The Morgan fingerprint density at radius 3 is 2.61 bits per heavy atom. The van der Waals surface area contributed by atoms with Gasteiger partial charge < -0.3 is 5.32 Å². The molecule has 0 atom stereocenters. The molecule has 1 N–H and O–H groups in total. The van der Waals surface area contributed by atoms with Gasteiger partial charge in [-0.05, 0) is 17.5 Å². The van der Waals surface area contributed by atoms with E-state index < -0.39 is 17.5 Å². The summed E-state index contributed by atoms with van der Waals surface area (Å²) in [5.41, 5.74) is -0.0983. The third-order valence-corrected chi connectivity index (χ3v) is 3.17. The summed E-state index contributed by atoms with van der Waals surface area (Å²) in [4.78, 5) is 12.0. The number of carbonyl (C=O) groups excluding carboxylic acids is 1. The van der Waals surface area contributed by atoms with Crippen molar-refractivity contribution >= 4 is 17.2 Å². The van der Waals surface area contributed by atoms with Gasteiger partial charge in [0.15, 0.2) is 17.5 Å². The van der Waals surface area contributed by atoms with Gasteiger partial charge in [0.1, 0.15) is 0 Å². The van der Waals surface area contributed by atoms with Gasteiger partial charge in [-0.2, -0.15) is 0 Å². The van der Waals surface area contributed by atoms with Crippen LogP contribution in [0.5, 0.6) is 0 Å². The normalized spacial score (nSPS) is 10.4. The van der Waals surface area contributed by atoms with Gasteiger partial charge in [-0.1, -0.05) is 12.1 Å². The van der Waals surface area contributed by atoms with Crippen LogP contribution < -0.4 is 5.32 Å². The Kier molecular flexibility index (Phi) is 3.66. The maximum Gasteiger partial charge on any atom is 0.261 e. The van der Waals surface area contributed by atoms with Gasteiger partial charge >= 0.3 is 0 Å². The molecule has 0 radical (unpaired) electrons. The molecule has 0 fully saturated rings. The first kappa shape index (κ1) is 12.6. The minimum absolute atomic E-state index is 0.0983. The van der Waals surface area contributed by atoms with Crippen molar-refractivity contribution in [2.45, 2.75) is 6.54 Å². The molecule has 2 nitrogen and oxygen atoms in total. The molecule has 6 heteroatoms. The topological polar surface area (TPSA) is 29.1 Å².